The Labute approximate surface area is 131 Å². The monoisotopic (exact) mass is 327 g/mol. The van der Waals surface area contributed by atoms with E-state index in [1.165, 1.54) is 31.0 Å². The molecule has 6 nitrogen and oxygen atoms in total. The number of halogens is 1. The zero-order valence-electron chi connectivity index (χ0n) is 11.3. The van der Waals surface area contributed by atoms with Crippen LogP contribution in [-0.4, -0.2) is 36.5 Å². The van der Waals surface area contributed by atoms with E-state index in [2.05, 4.69) is 10.1 Å². The first-order valence-electron chi connectivity index (χ1n) is 5.88. The Bertz CT molecular complexity index is 574. The van der Waals surface area contributed by atoms with E-state index in [-0.39, 0.29) is 22.4 Å². The summed E-state index contributed by atoms with van der Waals surface area (Å²) >= 11 is 7.08. The molecule has 0 saturated carbocycles. The lowest BCUT2D eigenvalue weighted by atomic mass is 10.2. The maximum Gasteiger partial charge on any atom is 0.323 e. The van der Waals surface area contributed by atoms with Gasteiger partial charge in [-0.05, 0) is 18.2 Å². The van der Waals surface area contributed by atoms with E-state index in [0.717, 1.165) is 0 Å². The molecule has 1 amide bonds. The molecule has 1 aromatic rings. The summed E-state index contributed by atoms with van der Waals surface area (Å²) < 4.78 is 4.48. The minimum Gasteiger partial charge on any atom is -0.468 e. The fourth-order valence-corrected chi connectivity index (χ4v) is 2.37. The van der Waals surface area contributed by atoms with Crippen molar-refractivity contribution < 1.29 is 14.3 Å². The quantitative estimate of drug-likeness (QED) is 0.765. The van der Waals surface area contributed by atoms with Crippen LogP contribution >= 0.6 is 23.4 Å². The Morgan fingerprint density at radius 1 is 1.57 bits per heavy atom. The van der Waals surface area contributed by atoms with E-state index in [4.69, 9.17) is 22.6 Å². The average Bonchev–Trinajstić information content (AvgIpc) is 2.46. The van der Waals surface area contributed by atoms with E-state index in [9.17, 15) is 9.59 Å². The molecule has 1 aromatic carbocycles. The number of nitrogens with two attached hydrogens (primary N) is 1. The predicted octanol–water partition coefficient (Wildman–Crippen LogP) is 1.38. The smallest absolute Gasteiger partial charge is 0.323 e. The molecule has 0 aliphatic carbocycles. The van der Waals surface area contributed by atoms with Crippen LogP contribution in [0.5, 0.6) is 0 Å². The van der Waals surface area contributed by atoms with Crippen molar-refractivity contribution in [2.24, 2.45) is 5.73 Å². The lowest BCUT2D eigenvalue weighted by molar-refractivity contribution is -0.141. The Morgan fingerprint density at radius 3 is 2.86 bits per heavy atom. The van der Waals surface area contributed by atoms with Crippen LogP contribution in [0.15, 0.2) is 18.2 Å². The molecule has 1 unspecified atom stereocenters. The third-order valence-electron chi connectivity index (χ3n) is 2.41. The molecule has 0 aromatic heterocycles. The van der Waals surface area contributed by atoms with Crippen LogP contribution in [0.25, 0.3) is 0 Å². The second kappa shape index (κ2) is 8.52. The van der Waals surface area contributed by atoms with E-state index in [0.29, 0.717) is 11.3 Å². The van der Waals surface area contributed by atoms with Crippen molar-refractivity contribution in [2.45, 2.75) is 6.04 Å². The minimum absolute atomic E-state index is 0.141. The number of esters is 1. The molecule has 0 saturated heterocycles. The van der Waals surface area contributed by atoms with Gasteiger partial charge < -0.3 is 15.8 Å². The summed E-state index contributed by atoms with van der Waals surface area (Å²) in [6, 6.07) is 5.80. The van der Waals surface area contributed by atoms with Gasteiger partial charge in [-0.15, -0.1) is 11.8 Å². The number of carbonyl (C=O) groups is 2. The molecule has 0 aliphatic heterocycles. The van der Waals surface area contributed by atoms with Crippen LogP contribution in [0.4, 0.5) is 5.69 Å². The second-order valence-corrected chi connectivity index (χ2v) is 5.44. The van der Waals surface area contributed by atoms with Crippen LogP contribution in [0, 0.1) is 11.3 Å². The normalized spacial score (nSPS) is 11.3. The van der Waals surface area contributed by atoms with E-state index in [1.807, 2.05) is 6.07 Å². The van der Waals surface area contributed by atoms with Crippen LogP contribution in [-0.2, 0) is 14.3 Å². The van der Waals surface area contributed by atoms with Crippen LogP contribution in [0.3, 0.4) is 0 Å². The highest BCUT2D eigenvalue weighted by Crippen LogP contribution is 2.20. The lowest BCUT2D eigenvalue weighted by Gasteiger charge is -2.09. The van der Waals surface area contributed by atoms with Gasteiger partial charge in [-0.1, -0.05) is 11.6 Å². The van der Waals surface area contributed by atoms with Crippen molar-refractivity contribution in [1.82, 2.24) is 0 Å². The summed E-state index contributed by atoms with van der Waals surface area (Å²) in [5.41, 5.74) is 6.39. The Balaban J connectivity index is 2.43. The van der Waals surface area contributed by atoms with Gasteiger partial charge in [-0.25, -0.2) is 0 Å². The Kier molecular flexibility index (Phi) is 7.02. The summed E-state index contributed by atoms with van der Waals surface area (Å²) in [5, 5.41) is 11.7. The number of hydrogen-bond donors (Lipinski definition) is 2. The number of benzene rings is 1. The summed E-state index contributed by atoms with van der Waals surface area (Å²) in [7, 11) is 1.26. The van der Waals surface area contributed by atoms with Crippen molar-refractivity contribution in [3.63, 3.8) is 0 Å². The number of amides is 1. The van der Waals surface area contributed by atoms with Crippen LogP contribution in [0.1, 0.15) is 5.56 Å². The highest BCUT2D eigenvalue weighted by atomic mass is 35.5. The van der Waals surface area contributed by atoms with Gasteiger partial charge in [-0.2, -0.15) is 5.26 Å². The first-order chi connectivity index (χ1) is 9.97. The standard InChI is InChI=1S/C13H14ClN3O3S/c1-20-13(19)11(16)6-21-7-12(18)17-9-3-2-8(5-15)10(14)4-9/h2-4,11H,6-7,16H2,1H3,(H,17,18). The van der Waals surface area contributed by atoms with Gasteiger partial charge in [0.2, 0.25) is 5.91 Å². The molecule has 1 rings (SSSR count). The molecule has 1 atom stereocenters. The Morgan fingerprint density at radius 2 is 2.29 bits per heavy atom. The number of nitriles is 1. The molecule has 0 radical (unpaired) electrons. The number of anilines is 1. The summed E-state index contributed by atoms with van der Waals surface area (Å²) in [5.74, 6) is -0.337. The van der Waals surface area contributed by atoms with E-state index >= 15 is 0 Å². The molecule has 8 heteroatoms. The highest BCUT2D eigenvalue weighted by Gasteiger charge is 2.14. The minimum atomic E-state index is -0.753. The molecule has 21 heavy (non-hydrogen) atoms. The SMILES string of the molecule is COC(=O)C(N)CSCC(=O)Nc1ccc(C#N)c(Cl)c1. The molecular weight excluding hydrogens is 314 g/mol. The fraction of sp³-hybridized carbons (Fsp3) is 0.308. The topological polar surface area (TPSA) is 105 Å². The van der Waals surface area contributed by atoms with Gasteiger partial charge in [0.05, 0.1) is 23.4 Å². The molecule has 0 spiro atoms. The third-order valence-corrected chi connectivity index (χ3v) is 3.78. The summed E-state index contributed by atoms with van der Waals surface area (Å²) in [4.78, 5) is 22.8. The van der Waals surface area contributed by atoms with E-state index in [1.54, 1.807) is 6.07 Å². The van der Waals surface area contributed by atoms with Crippen molar-refractivity contribution in [1.29, 1.82) is 5.26 Å². The first-order valence-corrected chi connectivity index (χ1v) is 7.42. The number of nitrogens with one attached hydrogen (secondary N) is 1. The number of carbonyl (C=O) groups excluding carboxylic acids is 2. The van der Waals surface area contributed by atoms with Crippen molar-refractivity contribution >= 4 is 40.9 Å². The van der Waals surface area contributed by atoms with Crippen LogP contribution in [0.2, 0.25) is 5.02 Å². The van der Waals surface area contributed by atoms with E-state index < -0.39 is 12.0 Å². The number of rotatable bonds is 6. The van der Waals surface area contributed by atoms with Gasteiger partial charge in [0, 0.05) is 11.4 Å². The second-order valence-electron chi connectivity index (χ2n) is 4.00. The maximum absolute atomic E-state index is 11.7. The summed E-state index contributed by atoms with van der Waals surface area (Å²) in [6.45, 7) is 0. The van der Waals surface area contributed by atoms with Gasteiger partial charge in [0.15, 0.2) is 0 Å². The predicted molar refractivity (Wildman–Crippen MR) is 82.1 cm³/mol. The fourth-order valence-electron chi connectivity index (χ4n) is 1.38. The maximum atomic E-state index is 11.7. The number of nitrogens with zero attached hydrogens (tertiary/aromatic N) is 1. The molecular formula is C13H14ClN3O3S. The molecule has 3 N–H and O–H groups in total. The highest BCUT2D eigenvalue weighted by molar-refractivity contribution is 8.00. The third kappa shape index (κ3) is 5.63. The molecule has 0 bridgehead atoms. The average molecular weight is 328 g/mol. The van der Waals surface area contributed by atoms with Crippen molar-refractivity contribution in [3.8, 4) is 6.07 Å². The van der Waals surface area contributed by atoms with Crippen molar-refractivity contribution in [2.75, 3.05) is 23.9 Å². The number of hydrogen-bond acceptors (Lipinski definition) is 6. The number of thioether (sulfide) groups is 1. The first kappa shape index (κ1) is 17.3. The number of methoxy groups -OCH3 is 1. The largest absolute Gasteiger partial charge is 0.468 e. The molecule has 0 aliphatic rings. The van der Waals surface area contributed by atoms with Crippen molar-refractivity contribution in [3.05, 3.63) is 28.8 Å². The van der Waals surface area contributed by atoms with Gasteiger partial charge in [-0.3, -0.25) is 9.59 Å². The zero-order chi connectivity index (χ0) is 15.8. The lowest BCUT2D eigenvalue weighted by Crippen LogP contribution is -2.34. The Hall–Kier alpha value is -1.75. The zero-order valence-corrected chi connectivity index (χ0v) is 12.8. The molecule has 0 fully saturated rings. The van der Waals surface area contributed by atoms with Gasteiger partial charge in [0.25, 0.3) is 0 Å². The summed E-state index contributed by atoms with van der Waals surface area (Å²) in [6.07, 6.45) is 0. The van der Waals surface area contributed by atoms with Gasteiger partial charge in [0.1, 0.15) is 12.1 Å². The molecule has 112 valence electrons. The van der Waals surface area contributed by atoms with Crippen LogP contribution < -0.4 is 11.1 Å². The molecule has 0 heterocycles. The van der Waals surface area contributed by atoms with Gasteiger partial charge >= 0.3 is 5.97 Å². The number of ether oxygens (including phenoxy) is 1.